The van der Waals surface area contributed by atoms with Crippen molar-refractivity contribution < 1.29 is 18.7 Å². The zero-order chi connectivity index (χ0) is 16.1. The van der Waals surface area contributed by atoms with Crippen LogP contribution in [0.5, 0.6) is 0 Å². The zero-order valence-electron chi connectivity index (χ0n) is 12.6. The minimum atomic E-state index is -0.880. The number of aliphatic hydroxyl groups excluding tert-OH is 1. The molecule has 0 spiro atoms. The van der Waals surface area contributed by atoms with Gasteiger partial charge in [-0.1, -0.05) is 13.0 Å². The third-order valence-electron chi connectivity index (χ3n) is 4.11. The fourth-order valence-electron chi connectivity index (χ4n) is 2.64. The molecule has 22 heavy (non-hydrogen) atoms. The molecule has 3 N–H and O–H groups in total. The van der Waals surface area contributed by atoms with Gasteiger partial charge in [0.05, 0.1) is 6.10 Å². The number of carbonyl (C=O) groups is 1. The topological polar surface area (TPSA) is 61.4 Å². The molecule has 1 aromatic carbocycles. The van der Waals surface area contributed by atoms with Gasteiger partial charge >= 0.3 is 6.03 Å². The van der Waals surface area contributed by atoms with Crippen molar-refractivity contribution in [2.24, 2.45) is 0 Å². The Morgan fingerprint density at radius 1 is 1.27 bits per heavy atom. The van der Waals surface area contributed by atoms with Crippen LogP contribution < -0.4 is 10.6 Å². The lowest BCUT2D eigenvalue weighted by Gasteiger charge is -2.26. The molecule has 2 amide bonds. The highest BCUT2D eigenvalue weighted by molar-refractivity contribution is 5.74. The molecule has 122 valence electrons. The number of benzene rings is 1. The van der Waals surface area contributed by atoms with Crippen LogP contribution in [0.25, 0.3) is 0 Å². The number of halogens is 2. The smallest absolute Gasteiger partial charge is 0.315 e. The number of rotatable bonds is 4. The van der Waals surface area contributed by atoms with Crippen molar-refractivity contribution in [3.63, 3.8) is 0 Å². The fourth-order valence-corrected chi connectivity index (χ4v) is 2.64. The highest BCUT2D eigenvalue weighted by Gasteiger charge is 2.20. The summed E-state index contributed by atoms with van der Waals surface area (Å²) in [5, 5.41) is 15.0. The molecule has 1 atom stereocenters. The molecule has 0 unspecified atom stereocenters. The van der Waals surface area contributed by atoms with Crippen LogP contribution in [0.15, 0.2) is 18.2 Å². The van der Waals surface area contributed by atoms with Gasteiger partial charge in [-0.05, 0) is 49.3 Å². The summed E-state index contributed by atoms with van der Waals surface area (Å²) in [6, 6.07) is 3.58. The van der Waals surface area contributed by atoms with Crippen LogP contribution in [0.1, 0.15) is 44.1 Å². The van der Waals surface area contributed by atoms with Gasteiger partial charge in [-0.25, -0.2) is 13.6 Å². The first-order valence-electron chi connectivity index (χ1n) is 7.63. The molecular formula is C16H22F2N2O2. The minimum Gasteiger partial charge on any atom is -0.393 e. The second-order valence-electron chi connectivity index (χ2n) is 5.93. The van der Waals surface area contributed by atoms with Crippen LogP contribution >= 0.6 is 0 Å². The average Bonchev–Trinajstić information content (AvgIpc) is 2.50. The number of urea groups is 1. The SMILES string of the molecule is C[C@H](CNC(=O)NC1CCC(O)CC1)c1ccc(F)c(F)c1. The third-order valence-corrected chi connectivity index (χ3v) is 4.11. The van der Waals surface area contributed by atoms with Crippen molar-refractivity contribution in [3.8, 4) is 0 Å². The molecule has 4 nitrogen and oxygen atoms in total. The van der Waals surface area contributed by atoms with Crippen LogP contribution in [0.3, 0.4) is 0 Å². The second-order valence-corrected chi connectivity index (χ2v) is 5.93. The van der Waals surface area contributed by atoms with Gasteiger partial charge in [0.1, 0.15) is 0 Å². The molecule has 0 aromatic heterocycles. The van der Waals surface area contributed by atoms with Gasteiger partial charge in [-0.15, -0.1) is 0 Å². The number of hydrogen-bond donors (Lipinski definition) is 3. The monoisotopic (exact) mass is 312 g/mol. The van der Waals surface area contributed by atoms with Gasteiger partial charge in [0.15, 0.2) is 11.6 Å². The lowest BCUT2D eigenvalue weighted by molar-refractivity contribution is 0.117. The van der Waals surface area contributed by atoms with Crippen molar-refractivity contribution in [1.29, 1.82) is 0 Å². The summed E-state index contributed by atoms with van der Waals surface area (Å²) in [6.07, 6.45) is 2.70. The first-order valence-corrected chi connectivity index (χ1v) is 7.63. The summed E-state index contributed by atoms with van der Waals surface area (Å²) in [4.78, 5) is 11.8. The molecule has 6 heteroatoms. The highest BCUT2D eigenvalue weighted by atomic mass is 19.2. The Hall–Kier alpha value is -1.69. The van der Waals surface area contributed by atoms with Gasteiger partial charge in [0.2, 0.25) is 0 Å². The number of amides is 2. The van der Waals surface area contributed by atoms with E-state index in [1.54, 1.807) is 0 Å². The molecule has 0 bridgehead atoms. The minimum absolute atomic E-state index is 0.0852. The van der Waals surface area contributed by atoms with E-state index in [1.807, 2.05) is 6.92 Å². The molecule has 1 aliphatic rings. The normalized spacial score (nSPS) is 22.9. The highest BCUT2D eigenvalue weighted by Crippen LogP contribution is 2.19. The van der Waals surface area contributed by atoms with E-state index in [1.165, 1.54) is 6.07 Å². The summed E-state index contributed by atoms with van der Waals surface area (Å²) >= 11 is 0. The zero-order valence-corrected chi connectivity index (χ0v) is 12.6. The largest absolute Gasteiger partial charge is 0.393 e. The van der Waals surface area contributed by atoms with E-state index in [4.69, 9.17) is 0 Å². The van der Waals surface area contributed by atoms with Crippen molar-refractivity contribution in [3.05, 3.63) is 35.4 Å². The van der Waals surface area contributed by atoms with E-state index < -0.39 is 11.6 Å². The number of hydrogen-bond acceptors (Lipinski definition) is 2. The van der Waals surface area contributed by atoms with E-state index >= 15 is 0 Å². The Balaban J connectivity index is 1.76. The van der Waals surface area contributed by atoms with Crippen molar-refractivity contribution in [2.75, 3.05) is 6.54 Å². The Labute approximate surface area is 128 Å². The van der Waals surface area contributed by atoms with Crippen molar-refractivity contribution in [1.82, 2.24) is 10.6 Å². The summed E-state index contributed by atoms with van der Waals surface area (Å²) < 4.78 is 26.1. The first kappa shape index (κ1) is 16.7. The van der Waals surface area contributed by atoms with Crippen molar-refractivity contribution >= 4 is 6.03 Å². The van der Waals surface area contributed by atoms with E-state index in [9.17, 15) is 18.7 Å². The Bertz CT molecular complexity index is 517. The molecule has 1 saturated carbocycles. The molecule has 0 saturated heterocycles. The Morgan fingerprint density at radius 2 is 1.95 bits per heavy atom. The Kier molecular flexibility index (Phi) is 5.71. The van der Waals surface area contributed by atoms with Crippen LogP contribution in [-0.2, 0) is 0 Å². The third kappa shape index (κ3) is 4.66. The van der Waals surface area contributed by atoms with Gasteiger partial charge in [-0.2, -0.15) is 0 Å². The molecular weight excluding hydrogens is 290 g/mol. The predicted molar refractivity (Wildman–Crippen MR) is 79.6 cm³/mol. The molecule has 1 aliphatic carbocycles. The summed E-state index contributed by atoms with van der Waals surface area (Å²) in [5.41, 5.74) is 0.639. The van der Waals surface area contributed by atoms with Gasteiger partial charge in [0.25, 0.3) is 0 Å². The molecule has 0 radical (unpaired) electrons. The number of nitrogens with one attached hydrogen (secondary N) is 2. The summed E-state index contributed by atoms with van der Waals surface area (Å²) in [7, 11) is 0. The lowest BCUT2D eigenvalue weighted by Crippen LogP contribution is -2.45. The molecule has 2 rings (SSSR count). The van der Waals surface area contributed by atoms with Gasteiger partial charge in [-0.3, -0.25) is 0 Å². The summed E-state index contributed by atoms with van der Waals surface area (Å²) in [5.74, 6) is -1.87. The number of carbonyl (C=O) groups excluding carboxylic acids is 1. The van der Waals surface area contributed by atoms with Gasteiger partial charge in [0, 0.05) is 12.6 Å². The summed E-state index contributed by atoms with van der Waals surface area (Å²) in [6.45, 7) is 2.18. The maximum atomic E-state index is 13.2. The van der Waals surface area contributed by atoms with Crippen LogP contribution in [0, 0.1) is 11.6 Å². The molecule has 0 aliphatic heterocycles. The maximum Gasteiger partial charge on any atom is 0.315 e. The van der Waals surface area contributed by atoms with Crippen molar-refractivity contribution in [2.45, 2.75) is 50.7 Å². The van der Waals surface area contributed by atoms with Crippen LogP contribution in [-0.4, -0.2) is 29.8 Å². The molecule has 0 heterocycles. The Morgan fingerprint density at radius 3 is 2.59 bits per heavy atom. The fraction of sp³-hybridized carbons (Fsp3) is 0.562. The average molecular weight is 312 g/mol. The van der Waals surface area contributed by atoms with Crippen LogP contribution in [0.2, 0.25) is 0 Å². The number of aliphatic hydroxyl groups is 1. The van der Waals surface area contributed by atoms with E-state index in [2.05, 4.69) is 10.6 Å². The quantitative estimate of drug-likeness (QED) is 0.800. The second kappa shape index (κ2) is 7.54. The van der Waals surface area contributed by atoms with E-state index in [-0.39, 0.29) is 24.1 Å². The standard InChI is InChI=1S/C16H22F2N2O2/c1-10(11-2-7-14(17)15(18)8-11)9-19-16(22)20-12-3-5-13(21)6-4-12/h2,7-8,10,12-13,21H,3-6,9H2,1H3,(H2,19,20,22)/t10-,12?,13?/m1/s1. The molecule has 1 fully saturated rings. The predicted octanol–water partition coefficient (Wildman–Crippen LogP) is 2.67. The van der Waals surface area contributed by atoms with Crippen LogP contribution in [0.4, 0.5) is 13.6 Å². The molecule has 1 aromatic rings. The first-order chi connectivity index (χ1) is 10.5. The van der Waals surface area contributed by atoms with E-state index in [0.29, 0.717) is 24.9 Å². The van der Waals surface area contributed by atoms with Gasteiger partial charge < -0.3 is 15.7 Å². The maximum absolute atomic E-state index is 13.2. The lowest BCUT2D eigenvalue weighted by atomic mass is 9.93. The van der Waals surface area contributed by atoms with E-state index in [0.717, 1.165) is 25.0 Å².